The molecule has 0 N–H and O–H groups in total. The van der Waals surface area contributed by atoms with Crippen molar-refractivity contribution in [2.75, 3.05) is 7.11 Å². The first-order chi connectivity index (χ1) is 17.5. The molecular formula is C32H41F3O. The Morgan fingerprint density at radius 3 is 2.33 bits per heavy atom. The number of halogens is 3. The van der Waals surface area contributed by atoms with Crippen LogP contribution in [0, 0.1) is 29.3 Å². The summed E-state index contributed by atoms with van der Waals surface area (Å²) in [7, 11) is 1.48. The second-order valence-corrected chi connectivity index (χ2v) is 10.9. The third-order valence-corrected chi connectivity index (χ3v) is 8.56. The Morgan fingerprint density at radius 2 is 1.67 bits per heavy atom. The number of allylic oxidation sites excluding steroid dienone is 2. The third kappa shape index (κ3) is 6.55. The van der Waals surface area contributed by atoms with Crippen LogP contribution < -0.4 is 4.74 Å². The molecule has 36 heavy (non-hydrogen) atoms. The molecule has 0 saturated heterocycles. The van der Waals surface area contributed by atoms with Crippen LogP contribution in [0.4, 0.5) is 13.2 Å². The fourth-order valence-corrected chi connectivity index (χ4v) is 6.19. The highest BCUT2D eigenvalue weighted by atomic mass is 19.2. The summed E-state index contributed by atoms with van der Waals surface area (Å²) in [6, 6.07) is 8.85. The van der Waals surface area contributed by atoms with Gasteiger partial charge in [0.15, 0.2) is 23.2 Å². The number of methoxy groups -OCH3 is 1. The summed E-state index contributed by atoms with van der Waals surface area (Å²) in [4.78, 5) is 0. The Kier molecular flexibility index (Phi) is 9.56. The van der Waals surface area contributed by atoms with Gasteiger partial charge < -0.3 is 4.74 Å². The lowest BCUT2D eigenvalue weighted by atomic mass is 9.77. The van der Waals surface area contributed by atoms with E-state index in [1.165, 1.54) is 32.8 Å². The van der Waals surface area contributed by atoms with Gasteiger partial charge in [-0.25, -0.2) is 13.2 Å². The summed E-state index contributed by atoms with van der Waals surface area (Å²) >= 11 is 0. The van der Waals surface area contributed by atoms with Crippen LogP contribution >= 0.6 is 0 Å². The van der Waals surface area contributed by atoms with Crippen LogP contribution in [-0.4, -0.2) is 7.11 Å². The predicted octanol–water partition coefficient (Wildman–Crippen LogP) is 9.78. The van der Waals surface area contributed by atoms with Crippen LogP contribution in [0.15, 0.2) is 36.4 Å². The van der Waals surface area contributed by atoms with Crippen molar-refractivity contribution in [2.45, 2.75) is 96.3 Å². The first kappa shape index (κ1) is 26.8. The van der Waals surface area contributed by atoms with Gasteiger partial charge >= 0.3 is 0 Å². The zero-order chi connectivity index (χ0) is 25.5. The highest BCUT2D eigenvalue weighted by Gasteiger charge is 2.25. The Morgan fingerprint density at radius 1 is 0.861 bits per heavy atom. The van der Waals surface area contributed by atoms with E-state index in [9.17, 15) is 8.78 Å². The van der Waals surface area contributed by atoms with Crippen molar-refractivity contribution >= 4 is 5.57 Å². The monoisotopic (exact) mass is 498 g/mol. The van der Waals surface area contributed by atoms with Crippen molar-refractivity contribution in [3.05, 3.63) is 70.5 Å². The smallest absolute Gasteiger partial charge is 0.166 e. The fraction of sp³-hybridized carbons (Fsp3) is 0.562. The zero-order valence-electron chi connectivity index (χ0n) is 21.9. The van der Waals surface area contributed by atoms with Crippen molar-refractivity contribution in [3.8, 4) is 5.75 Å². The largest absolute Gasteiger partial charge is 0.494 e. The van der Waals surface area contributed by atoms with E-state index in [0.29, 0.717) is 35.3 Å². The lowest BCUT2D eigenvalue weighted by molar-refractivity contribution is 0.308. The molecule has 0 heterocycles. The molecule has 196 valence electrons. The molecule has 0 radical (unpaired) electrons. The van der Waals surface area contributed by atoms with E-state index in [2.05, 4.69) is 13.0 Å². The Balaban J connectivity index is 1.29. The highest BCUT2D eigenvalue weighted by Crippen LogP contribution is 2.39. The molecular weight excluding hydrogens is 457 g/mol. The van der Waals surface area contributed by atoms with Gasteiger partial charge in [-0.2, -0.15) is 0 Å². The molecule has 2 aliphatic rings. The highest BCUT2D eigenvalue weighted by molar-refractivity contribution is 5.67. The predicted molar refractivity (Wildman–Crippen MR) is 142 cm³/mol. The molecule has 1 fully saturated rings. The Bertz CT molecular complexity index is 1040. The van der Waals surface area contributed by atoms with Gasteiger partial charge in [-0.1, -0.05) is 56.9 Å². The maximum Gasteiger partial charge on any atom is 0.166 e. The van der Waals surface area contributed by atoms with Crippen LogP contribution in [-0.2, 0) is 6.42 Å². The molecule has 1 atom stereocenters. The number of rotatable bonds is 10. The first-order valence-corrected chi connectivity index (χ1v) is 14.0. The molecule has 4 heteroatoms. The van der Waals surface area contributed by atoms with E-state index in [1.54, 1.807) is 24.3 Å². The van der Waals surface area contributed by atoms with E-state index < -0.39 is 11.6 Å². The maximum absolute atomic E-state index is 15.0. The lowest BCUT2D eigenvalue weighted by Gasteiger charge is -2.29. The molecule has 0 spiro atoms. The lowest BCUT2D eigenvalue weighted by Crippen LogP contribution is -2.14. The standard InChI is InChI=1S/C32H41F3O/c1-3-4-5-6-22-9-14-25(15-10-22)28-19-17-26(31(34)32(28)35)16-11-23-7-12-24(13-8-23)27-18-20-30(36-2)29(33)21-27/h14,17-24H,3-13,15-16H2,1-2H3. The Labute approximate surface area is 215 Å². The number of hydrogen-bond acceptors (Lipinski definition) is 1. The molecule has 2 aromatic carbocycles. The van der Waals surface area contributed by atoms with Gasteiger partial charge in [-0.05, 0) is 104 Å². The van der Waals surface area contributed by atoms with Crippen LogP contribution in [0.5, 0.6) is 5.75 Å². The Hall–Kier alpha value is -2.23. The minimum atomic E-state index is -0.673. The second-order valence-electron chi connectivity index (χ2n) is 10.9. The molecule has 1 unspecified atom stereocenters. The van der Waals surface area contributed by atoms with Crippen molar-refractivity contribution < 1.29 is 17.9 Å². The van der Waals surface area contributed by atoms with Crippen molar-refractivity contribution in [3.63, 3.8) is 0 Å². The normalized spacial score (nSPS) is 22.4. The summed E-state index contributed by atoms with van der Waals surface area (Å²) in [5.74, 6) is 0.163. The van der Waals surface area contributed by atoms with E-state index >= 15 is 4.39 Å². The summed E-state index contributed by atoms with van der Waals surface area (Å²) in [6.07, 6.45) is 15.6. The van der Waals surface area contributed by atoms with Gasteiger partial charge in [0.05, 0.1) is 7.11 Å². The average Bonchev–Trinajstić information content (AvgIpc) is 2.90. The number of unbranched alkanes of at least 4 members (excludes halogenated alkanes) is 2. The molecule has 1 saturated carbocycles. The summed E-state index contributed by atoms with van der Waals surface area (Å²) in [6.45, 7) is 2.22. The topological polar surface area (TPSA) is 9.23 Å². The minimum Gasteiger partial charge on any atom is -0.494 e. The quantitative estimate of drug-likeness (QED) is 0.296. The molecule has 0 amide bonds. The molecule has 1 nitrogen and oxygen atoms in total. The third-order valence-electron chi connectivity index (χ3n) is 8.56. The zero-order valence-corrected chi connectivity index (χ0v) is 21.9. The summed E-state index contributed by atoms with van der Waals surface area (Å²) < 4.78 is 49.1. The fourth-order valence-electron chi connectivity index (χ4n) is 6.19. The van der Waals surface area contributed by atoms with E-state index in [1.807, 2.05) is 6.07 Å². The molecule has 0 aromatic heterocycles. The van der Waals surface area contributed by atoms with Crippen LogP contribution in [0.3, 0.4) is 0 Å². The van der Waals surface area contributed by atoms with Crippen molar-refractivity contribution in [2.24, 2.45) is 11.8 Å². The molecule has 4 rings (SSSR count). The number of hydrogen-bond donors (Lipinski definition) is 0. The van der Waals surface area contributed by atoms with Gasteiger partial charge in [0.1, 0.15) is 0 Å². The van der Waals surface area contributed by atoms with Gasteiger partial charge in [0.25, 0.3) is 0 Å². The number of ether oxygens (including phenoxy) is 1. The van der Waals surface area contributed by atoms with Gasteiger partial charge in [0.2, 0.25) is 0 Å². The average molecular weight is 499 g/mol. The van der Waals surface area contributed by atoms with Crippen LogP contribution in [0.1, 0.15) is 107 Å². The molecule has 0 aliphatic heterocycles. The van der Waals surface area contributed by atoms with Crippen LogP contribution in [0.25, 0.3) is 5.57 Å². The number of aryl methyl sites for hydroxylation is 1. The summed E-state index contributed by atoms with van der Waals surface area (Å²) in [5.41, 5.74) is 2.94. The number of benzene rings is 2. The van der Waals surface area contributed by atoms with E-state index in [0.717, 1.165) is 62.5 Å². The minimum absolute atomic E-state index is 0.277. The maximum atomic E-state index is 15.0. The van der Waals surface area contributed by atoms with Gasteiger partial charge in [-0.3, -0.25) is 0 Å². The molecule has 2 aliphatic carbocycles. The van der Waals surface area contributed by atoms with E-state index in [4.69, 9.17) is 4.74 Å². The van der Waals surface area contributed by atoms with E-state index in [-0.39, 0.29) is 11.6 Å². The van der Waals surface area contributed by atoms with Crippen molar-refractivity contribution in [1.29, 1.82) is 0 Å². The van der Waals surface area contributed by atoms with Gasteiger partial charge in [-0.15, -0.1) is 0 Å². The summed E-state index contributed by atoms with van der Waals surface area (Å²) in [5, 5.41) is 0. The molecule has 0 bridgehead atoms. The van der Waals surface area contributed by atoms with Crippen molar-refractivity contribution in [1.82, 2.24) is 0 Å². The first-order valence-electron chi connectivity index (χ1n) is 14.0. The van der Waals surface area contributed by atoms with Gasteiger partial charge in [0, 0.05) is 5.56 Å². The van der Waals surface area contributed by atoms with Crippen LogP contribution in [0.2, 0.25) is 0 Å². The SMILES string of the molecule is CCCCCC1CC=C(c2ccc(CCC3CCC(c4ccc(OC)c(F)c4)CC3)c(F)c2F)CC1. The second kappa shape index (κ2) is 12.8. The molecule has 2 aromatic rings.